The maximum absolute atomic E-state index is 12.5. The van der Waals surface area contributed by atoms with Crippen LogP contribution < -0.4 is 14.2 Å². The Hall–Kier alpha value is -3.28. The van der Waals surface area contributed by atoms with Crippen LogP contribution in [0.4, 0.5) is 0 Å². The lowest BCUT2D eigenvalue weighted by Gasteiger charge is -2.13. The maximum Gasteiger partial charge on any atom is 0.347 e. The Morgan fingerprint density at radius 1 is 1.19 bits per heavy atom. The van der Waals surface area contributed by atoms with Crippen LogP contribution in [0.1, 0.15) is 29.8 Å². The van der Waals surface area contributed by atoms with Crippen molar-refractivity contribution >= 4 is 17.8 Å². The van der Waals surface area contributed by atoms with Gasteiger partial charge in [-0.1, -0.05) is 12.1 Å². The van der Waals surface area contributed by atoms with Gasteiger partial charge in [0.2, 0.25) is 5.78 Å². The molecule has 140 valence electrons. The maximum atomic E-state index is 12.5. The van der Waals surface area contributed by atoms with Gasteiger partial charge in [-0.3, -0.25) is 4.79 Å². The van der Waals surface area contributed by atoms with Crippen LogP contribution in [-0.4, -0.2) is 31.6 Å². The Kier molecular flexibility index (Phi) is 5.45. The molecule has 1 atom stereocenters. The second-order valence-electron chi connectivity index (χ2n) is 5.89. The average molecular weight is 368 g/mol. The van der Waals surface area contributed by atoms with Crippen molar-refractivity contribution in [3.05, 3.63) is 59.4 Å². The summed E-state index contributed by atoms with van der Waals surface area (Å²) in [7, 11) is 1.58. The van der Waals surface area contributed by atoms with Gasteiger partial charge in [0, 0.05) is 6.07 Å². The topological polar surface area (TPSA) is 71.1 Å². The van der Waals surface area contributed by atoms with Gasteiger partial charge in [-0.25, -0.2) is 4.79 Å². The third-order valence-electron chi connectivity index (χ3n) is 3.96. The Morgan fingerprint density at radius 3 is 2.74 bits per heavy atom. The third kappa shape index (κ3) is 4.11. The first-order chi connectivity index (χ1) is 13.0. The molecule has 0 aliphatic carbocycles. The Morgan fingerprint density at radius 2 is 2.00 bits per heavy atom. The molecular weight excluding hydrogens is 348 g/mol. The first kappa shape index (κ1) is 18.5. The molecule has 0 bridgehead atoms. The number of fused-ring (bicyclic) bond motifs is 1. The molecule has 0 N–H and O–H groups in total. The zero-order valence-corrected chi connectivity index (χ0v) is 15.4. The molecule has 2 aromatic carbocycles. The van der Waals surface area contributed by atoms with Gasteiger partial charge in [-0.2, -0.15) is 0 Å². The predicted molar refractivity (Wildman–Crippen MR) is 99.1 cm³/mol. The first-order valence-corrected chi connectivity index (χ1v) is 8.57. The van der Waals surface area contributed by atoms with Gasteiger partial charge in [0.05, 0.1) is 19.3 Å². The van der Waals surface area contributed by atoms with Gasteiger partial charge in [-0.15, -0.1) is 0 Å². The largest absolute Gasteiger partial charge is 0.497 e. The molecule has 6 heteroatoms. The van der Waals surface area contributed by atoms with Crippen LogP contribution in [0.15, 0.2) is 48.2 Å². The van der Waals surface area contributed by atoms with E-state index in [0.717, 1.165) is 5.56 Å². The molecule has 0 spiro atoms. The van der Waals surface area contributed by atoms with E-state index in [-0.39, 0.29) is 18.1 Å². The molecule has 1 aliphatic heterocycles. The fourth-order valence-corrected chi connectivity index (χ4v) is 2.64. The van der Waals surface area contributed by atoms with E-state index in [9.17, 15) is 9.59 Å². The van der Waals surface area contributed by atoms with E-state index >= 15 is 0 Å². The highest BCUT2D eigenvalue weighted by molar-refractivity contribution is 6.14. The summed E-state index contributed by atoms with van der Waals surface area (Å²) in [5.41, 5.74) is 1.23. The van der Waals surface area contributed by atoms with Gasteiger partial charge < -0.3 is 18.9 Å². The van der Waals surface area contributed by atoms with Crippen molar-refractivity contribution in [3.8, 4) is 17.2 Å². The number of carbonyl (C=O) groups is 2. The van der Waals surface area contributed by atoms with Crippen LogP contribution in [-0.2, 0) is 9.53 Å². The number of esters is 1. The lowest BCUT2D eigenvalue weighted by atomic mass is 10.1. The van der Waals surface area contributed by atoms with Gasteiger partial charge in [0.15, 0.2) is 11.9 Å². The van der Waals surface area contributed by atoms with E-state index in [0.29, 0.717) is 22.8 Å². The van der Waals surface area contributed by atoms with Crippen LogP contribution >= 0.6 is 0 Å². The summed E-state index contributed by atoms with van der Waals surface area (Å²) < 4.78 is 21.4. The monoisotopic (exact) mass is 368 g/mol. The second kappa shape index (κ2) is 7.95. The fourth-order valence-electron chi connectivity index (χ4n) is 2.64. The molecule has 27 heavy (non-hydrogen) atoms. The number of rotatable bonds is 6. The number of ketones is 1. The van der Waals surface area contributed by atoms with Gasteiger partial charge in [0.1, 0.15) is 17.2 Å². The van der Waals surface area contributed by atoms with E-state index in [1.54, 1.807) is 45.2 Å². The van der Waals surface area contributed by atoms with Crippen molar-refractivity contribution in [3.63, 3.8) is 0 Å². The van der Waals surface area contributed by atoms with Crippen LogP contribution in [0.3, 0.4) is 0 Å². The molecule has 0 saturated heterocycles. The molecule has 1 heterocycles. The normalized spacial score (nSPS) is 15.1. The second-order valence-corrected chi connectivity index (χ2v) is 5.89. The number of allylic oxidation sites excluding steroid dienone is 1. The van der Waals surface area contributed by atoms with E-state index in [4.69, 9.17) is 18.9 Å². The molecule has 3 rings (SSSR count). The molecule has 0 radical (unpaired) electrons. The van der Waals surface area contributed by atoms with Crippen molar-refractivity contribution in [1.29, 1.82) is 0 Å². The number of hydrogen-bond donors (Lipinski definition) is 0. The average Bonchev–Trinajstić information content (AvgIpc) is 2.97. The lowest BCUT2D eigenvalue weighted by molar-refractivity contribution is -0.150. The predicted octanol–water partition coefficient (Wildman–Crippen LogP) is 3.64. The smallest absolute Gasteiger partial charge is 0.347 e. The zero-order chi connectivity index (χ0) is 19.4. The van der Waals surface area contributed by atoms with Crippen molar-refractivity contribution in [2.45, 2.75) is 20.0 Å². The summed E-state index contributed by atoms with van der Waals surface area (Å²) in [6.07, 6.45) is 0.902. The SMILES string of the molecule is CCOC(=O)C(C)Oc1ccc2c(c1)O/C(=C\c1cccc(OC)c1)C2=O. The standard InChI is InChI=1S/C21H20O6/c1-4-25-21(23)13(2)26-16-8-9-17-18(12-16)27-19(20(17)22)11-14-6-5-7-15(10-14)24-3/h5-13H,4H2,1-3H3/b19-11-. The number of hydrogen-bond acceptors (Lipinski definition) is 6. The number of ether oxygens (including phenoxy) is 4. The zero-order valence-electron chi connectivity index (χ0n) is 15.4. The highest BCUT2D eigenvalue weighted by Crippen LogP contribution is 2.35. The Balaban J connectivity index is 1.79. The van der Waals surface area contributed by atoms with Gasteiger partial charge in [-0.05, 0) is 49.8 Å². The van der Waals surface area contributed by atoms with Gasteiger partial charge in [0.25, 0.3) is 0 Å². The number of benzene rings is 2. The lowest BCUT2D eigenvalue weighted by Crippen LogP contribution is -2.26. The Bertz CT molecular complexity index is 899. The van der Waals surface area contributed by atoms with Crippen molar-refractivity contribution in [2.24, 2.45) is 0 Å². The highest BCUT2D eigenvalue weighted by Gasteiger charge is 2.28. The van der Waals surface area contributed by atoms with Crippen LogP contribution in [0.2, 0.25) is 0 Å². The fraction of sp³-hybridized carbons (Fsp3) is 0.238. The molecule has 6 nitrogen and oxygen atoms in total. The van der Waals surface area contributed by atoms with Crippen LogP contribution in [0.5, 0.6) is 17.2 Å². The summed E-state index contributed by atoms with van der Waals surface area (Å²) in [5.74, 6) is 1.06. The van der Waals surface area contributed by atoms with Gasteiger partial charge >= 0.3 is 5.97 Å². The molecule has 0 aromatic heterocycles. The van der Waals surface area contributed by atoms with Crippen molar-refractivity contribution < 1.29 is 28.5 Å². The summed E-state index contributed by atoms with van der Waals surface area (Å²) in [6, 6.07) is 12.2. The van der Waals surface area contributed by atoms with E-state index in [2.05, 4.69) is 0 Å². The van der Waals surface area contributed by atoms with Crippen LogP contribution in [0, 0.1) is 0 Å². The molecule has 2 aromatic rings. The minimum Gasteiger partial charge on any atom is -0.497 e. The molecule has 1 aliphatic rings. The van der Waals surface area contributed by atoms with E-state index < -0.39 is 12.1 Å². The minimum absolute atomic E-state index is 0.210. The third-order valence-corrected chi connectivity index (χ3v) is 3.96. The molecule has 0 saturated carbocycles. The number of carbonyl (C=O) groups excluding carboxylic acids is 2. The van der Waals surface area contributed by atoms with E-state index in [1.807, 2.05) is 24.3 Å². The molecular formula is C21H20O6. The van der Waals surface area contributed by atoms with Crippen molar-refractivity contribution in [1.82, 2.24) is 0 Å². The molecule has 1 unspecified atom stereocenters. The number of Topliss-reactive ketones (excluding diaryl/α,β-unsaturated/α-hetero) is 1. The minimum atomic E-state index is -0.757. The summed E-state index contributed by atoms with van der Waals surface area (Å²) in [6.45, 7) is 3.62. The molecule has 0 amide bonds. The van der Waals surface area contributed by atoms with Crippen molar-refractivity contribution in [2.75, 3.05) is 13.7 Å². The first-order valence-electron chi connectivity index (χ1n) is 8.57. The summed E-state index contributed by atoms with van der Waals surface area (Å²) >= 11 is 0. The van der Waals surface area contributed by atoms with E-state index in [1.165, 1.54) is 0 Å². The number of methoxy groups -OCH3 is 1. The van der Waals surface area contributed by atoms with Crippen LogP contribution in [0.25, 0.3) is 6.08 Å². The Labute approximate surface area is 157 Å². The highest BCUT2D eigenvalue weighted by atomic mass is 16.6. The molecule has 0 fully saturated rings. The quantitative estimate of drug-likeness (QED) is 0.573. The summed E-state index contributed by atoms with van der Waals surface area (Å²) in [5, 5.41) is 0. The summed E-state index contributed by atoms with van der Waals surface area (Å²) in [4.78, 5) is 24.2.